The summed E-state index contributed by atoms with van der Waals surface area (Å²) in [5, 5.41) is 8.79. The highest BCUT2D eigenvalue weighted by atomic mass is 16.5. The van der Waals surface area contributed by atoms with Crippen LogP contribution in [0.15, 0.2) is 24.3 Å². The maximum atomic E-state index is 12.1. The predicted octanol–water partition coefficient (Wildman–Crippen LogP) is 1.36. The molecule has 0 saturated carbocycles. The molecular formula is C13H14N2O2. The molecule has 4 nitrogen and oxygen atoms in total. The second-order valence-corrected chi connectivity index (χ2v) is 4.17. The minimum absolute atomic E-state index is 0.143. The fraction of sp³-hybridized carbons (Fsp3) is 0.385. The minimum Gasteiger partial charge on any atom is -0.480 e. The highest BCUT2D eigenvalue weighted by Gasteiger charge is 2.32. The first-order chi connectivity index (χ1) is 8.13. The standard InChI is InChI=1S/C13H14N2O2/c1-9(8-14)15(2)13(16)12-7-10-5-3-4-6-11(10)17-12/h3-6,9,12H,7H2,1-2H3. The van der Waals surface area contributed by atoms with Gasteiger partial charge in [0.2, 0.25) is 0 Å². The van der Waals surface area contributed by atoms with Crippen LogP contribution >= 0.6 is 0 Å². The van der Waals surface area contributed by atoms with Crippen molar-refractivity contribution in [2.45, 2.75) is 25.5 Å². The first-order valence-corrected chi connectivity index (χ1v) is 5.54. The second-order valence-electron chi connectivity index (χ2n) is 4.17. The van der Waals surface area contributed by atoms with Crippen molar-refractivity contribution in [3.8, 4) is 11.8 Å². The van der Waals surface area contributed by atoms with Crippen LogP contribution in [-0.2, 0) is 11.2 Å². The fourth-order valence-electron chi connectivity index (χ4n) is 1.82. The molecule has 0 bridgehead atoms. The molecule has 2 unspecified atom stereocenters. The molecule has 1 amide bonds. The van der Waals surface area contributed by atoms with Gasteiger partial charge < -0.3 is 9.64 Å². The Bertz CT molecular complexity index is 454. The van der Waals surface area contributed by atoms with E-state index in [1.165, 1.54) is 4.90 Å². The lowest BCUT2D eigenvalue weighted by Gasteiger charge is -2.22. The number of hydrogen-bond acceptors (Lipinski definition) is 3. The summed E-state index contributed by atoms with van der Waals surface area (Å²) in [6, 6.07) is 9.23. The summed E-state index contributed by atoms with van der Waals surface area (Å²) in [4.78, 5) is 13.5. The van der Waals surface area contributed by atoms with E-state index in [2.05, 4.69) is 0 Å². The van der Waals surface area contributed by atoms with Gasteiger partial charge in [0.1, 0.15) is 11.8 Å². The smallest absolute Gasteiger partial charge is 0.264 e. The van der Waals surface area contributed by atoms with E-state index in [4.69, 9.17) is 10.00 Å². The van der Waals surface area contributed by atoms with E-state index in [1.54, 1.807) is 14.0 Å². The first-order valence-electron chi connectivity index (χ1n) is 5.54. The molecule has 2 atom stereocenters. The van der Waals surface area contributed by atoms with E-state index in [9.17, 15) is 4.79 Å². The van der Waals surface area contributed by atoms with E-state index in [0.29, 0.717) is 6.42 Å². The van der Waals surface area contributed by atoms with Crippen molar-refractivity contribution in [1.82, 2.24) is 4.90 Å². The van der Waals surface area contributed by atoms with Crippen molar-refractivity contribution in [3.05, 3.63) is 29.8 Å². The molecule has 0 saturated heterocycles. The van der Waals surface area contributed by atoms with Crippen molar-refractivity contribution in [2.75, 3.05) is 7.05 Å². The Kier molecular flexibility index (Phi) is 3.01. The zero-order valence-electron chi connectivity index (χ0n) is 9.88. The van der Waals surface area contributed by atoms with Crippen LogP contribution in [-0.4, -0.2) is 30.0 Å². The third kappa shape index (κ3) is 2.09. The van der Waals surface area contributed by atoms with Gasteiger partial charge in [-0.3, -0.25) is 4.79 Å². The highest BCUT2D eigenvalue weighted by molar-refractivity contribution is 5.83. The number of fused-ring (bicyclic) bond motifs is 1. The molecule has 88 valence electrons. The topological polar surface area (TPSA) is 53.3 Å². The molecule has 0 fully saturated rings. The van der Waals surface area contributed by atoms with Gasteiger partial charge >= 0.3 is 0 Å². The Hall–Kier alpha value is -2.02. The molecule has 4 heteroatoms. The molecule has 1 heterocycles. The summed E-state index contributed by atoms with van der Waals surface area (Å²) >= 11 is 0. The van der Waals surface area contributed by atoms with Crippen molar-refractivity contribution >= 4 is 5.91 Å². The Labute approximate surface area is 100 Å². The molecule has 0 N–H and O–H groups in total. The minimum atomic E-state index is -0.492. The molecular weight excluding hydrogens is 216 g/mol. The molecule has 1 aliphatic rings. The van der Waals surface area contributed by atoms with Gasteiger partial charge in [-0.2, -0.15) is 5.26 Å². The molecule has 2 rings (SSSR count). The van der Waals surface area contributed by atoms with Crippen LogP contribution in [0, 0.1) is 11.3 Å². The van der Waals surface area contributed by atoms with Gasteiger partial charge in [0.25, 0.3) is 5.91 Å². The lowest BCUT2D eigenvalue weighted by Crippen LogP contribution is -2.43. The maximum absolute atomic E-state index is 12.1. The number of amides is 1. The molecule has 1 aromatic carbocycles. The van der Waals surface area contributed by atoms with Crippen molar-refractivity contribution in [3.63, 3.8) is 0 Å². The number of ether oxygens (including phenoxy) is 1. The number of carbonyl (C=O) groups excluding carboxylic acids is 1. The van der Waals surface area contributed by atoms with Crippen molar-refractivity contribution < 1.29 is 9.53 Å². The molecule has 0 radical (unpaired) electrons. The summed E-state index contributed by atoms with van der Waals surface area (Å²) in [5.41, 5.74) is 1.05. The molecule has 0 spiro atoms. The van der Waals surface area contributed by atoms with Gasteiger partial charge in [-0.25, -0.2) is 0 Å². The van der Waals surface area contributed by atoms with Crippen LogP contribution in [0.4, 0.5) is 0 Å². The van der Waals surface area contributed by atoms with Crippen molar-refractivity contribution in [1.29, 1.82) is 5.26 Å². The van der Waals surface area contributed by atoms with E-state index >= 15 is 0 Å². The molecule has 1 aliphatic heterocycles. The average molecular weight is 230 g/mol. The second kappa shape index (κ2) is 4.46. The molecule has 1 aromatic rings. The van der Waals surface area contributed by atoms with E-state index in [1.807, 2.05) is 30.3 Å². The SMILES string of the molecule is CC(C#N)N(C)C(=O)C1Cc2ccccc2O1. The van der Waals surface area contributed by atoms with Crippen LogP contribution in [0.1, 0.15) is 12.5 Å². The fourth-order valence-corrected chi connectivity index (χ4v) is 1.82. The summed E-state index contributed by atoms with van der Waals surface area (Å²) in [6.07, 6.45) is 0.0884. The summed E-state index contributed by atoms with van der Waals surface area (Å²) in [6.45, 7) is 1.69. The average Bonchev–Trinajstić information content (AvgIpc) is 2.79. The maximum Gasteiger partial charge on any atom is 0.264 e. The number of rotatable bonds is 2. The lowest BCUT2D eigenvalue weighted by atomic mass is 10.1. The normalized spacial score (nSPS) is 18.8. The van der Waals surface area contributed by atoms with Gasteiger partial charge in [-0.1, -0.05) is 18.2 Å². The van der Waals surface area contributed by atoms with E-state index in [-0.39, 0.29) is 5.91 Å². The number of likely N-dealkylation sites (N-methyl/N-ethyl adjacent to an activating group) is 1. The molecule has 0 aromatic heterocycles. The number of hydrogen-bond donors (Lipinski definition) is 0. The Morgan fingerprint density at radius 3 is 2.94 bits per heavy atom. The number of nitriles is 1. The van der Waals surface area contributed by atoms with Gasteiger partial charge in [-0.15, -0.1) is 0 Å². The Morgan fingerprint density at radius 1 is 1.59 bits per heavy atom. The van der Waals surface area contributed by atoms with Crippen molar-refractivity contribution in [2.24, 2.45) is 0 Å². The largest absolute Gasteiger partial charge is 0.480 e. The number of para-hydroxylation sites is 1. The molecule has 17 heavy (non-hydrogen) atoms. The molecule has 0 aliphatic carbocycles. The summed E-state index contributed by atoms with van der Waals surface area (Å²) < 4.78 is 5.58. The van der Waals surface area contributed by atoms with Crippen LogP contribution in [0.3, 0.4) is 0 Å². The van der Waals surface area contributed by atoms with Crippen LogP contribution in [0.2, 0.25) is 0 Å². The third-order valence-corrected chi connectivity index (χ3v) is 3.04. The summed E-state index contributed by atoms with van der Waals surface area (Å²) in [5.74, 6) is 0.624. The predicted molar refractivity (Wildman–Crippen MR) is 62.4 cm³/mol. The van der Waals surface area contributed by atoms with Crippen LogP contribution < -0.4 is 4.74 Å². The van der Waals surface area contributed by atoms with Gasteiger partial charge in [0.05, 0.1) is 6.07 Å². The first kappa shape index (κ1) is 11.5. The third-order valence-electron chi connectivity index (χ3n) is 3.04. The zero-order chi connectivity index (χ0) is 12.4. The zero-order valence-corrected chi connectivity index (χ0v) is 9.88. The Balaban J connectivity index is 2.09. The van der Waals surface area contributed by atoms with E-state index in [0.717, 1.165) is 11.3 Å². The monoisotopic (exact) mass is 230 g/mol. The van der Waals surface area contributed by atoms with Gasteiger partial charge in [0.15, 0.2) is 6.10 Å². The summed E-state index contributed by atoms with van der Waals surface area (Å²) in [7, 11) is 1.63. The highest BCUT2D eigenvalue weighted by Crippen LogP contribution is 2.28. The quantitative estimate of drug-likeness (QED) is 0.770. The number of benzene rings is 1. The number of carbonyl (C=O) groups is 1. The van der Waals surface area contributed by atoms with E-state index < -0.39 is 12.1 Å². The van der Waals surface area contributed by atoms with Gasteiger partial charge in [-0.05, 0) is 18.6 Å². The lowest BCUT2D eigenvalue weighted by molar-refractivity contribution is -0.137. The number of nitrogens with zero attached hydrogens (tertiary/aromatic N) is 2. The van der Waals surface area contributed by atoms with Crippen LogP contribution in [0.5, 0.6) is 5.75 Å². The van der Waals surface area contributed by atoms with Crippen LogP contribution in [0.25, 0.3) is 0 Å². The van der Waals surface area contributed by atoms with Gasteiger partial charge in [0, 0.05) is 13.5 Å². The Morgan fingerprint density at radius 2 is 2.29 bits per heavy atom.